The summed E-state index contributed by atoms with van der Waals surface area (Å²) in [5.41, 5.74) is 0.646. The molecule has 49 valence electrons. The summed E-state index contributed by atoms with van der Waals surface area (Å²) >= 11 is 5.60. The molecule has 0 fully saturated rings. The van der Waals surface area contributed by atoms with Crippen LogP contribution in [0.25, 0.3) is 5.65 Å². The summed E-state index contributed by atoms with van der Waals surface area (Å²) in [7, 11) is 0. The first-order chi connectivity index (χ1) is 4.86. The molecule has 3 nitrogen and oxygen atoms in total. The largest absolute Gasteiger partial charge is 0.222 e. The number of aromatic nitrogens is 3. The molecule has 1 radical (unpaired) electrons. The van der Waals surface area contributed by atoms with Gasteiger partial charge in [-0.2, -0.15) is 5.10 Å². The van der Waals surface area contributed by atoms with Crippen molar-refractivity contribution in [1.82, 2.24) is 14.6 Å². The minimum absolute atomic E-state index is 0.462. The summed E-state index contributed by atoms with van der Waals surface area (Å²) in [5, 5.41) is 4.36. The highest BCUT2D eigenvalue weighted by molar-refractivity contribution is 6.29. The van der Waals surface area contributed by atoms with E-state index in [0.717, 1.165) is 0 Å². The third kappa shape index (κ3) is 0.752. The zero-order chi connectivity index (χ0) is 6.97. The van der Waals surface area contributed by atoms with E-state index >= 15 is 0 Å². The molecule has 2 heterocycles. The lowest BCUT2D eigenvalue weighted by atomic mass is 10.6. The smallest absolute Gasteiger partial charge is 0.164 e. The fourth-order valence-corrected chi connectivity index (χ4v) is 0.869. The van der Waals surface area contributed by atoms with Gasteiger partial charge in [-0.05, 0) is 6.07 Å². The summed E-state index contributed by atoms with van der Waals surface area (Å²) < 4.78 is 1.60. The number of rotatable bonds is 0. The molecule has 2 aromatic heterocycles. The number of nitrogens with zero attached hydrogens (tertiary/aromatic N) is 3. The van der Waals surface area contributed by atoms with Gasteiger partial charge in [-0.3, -0.25) is 0 Å². The van der Waals surface area contributed by atoms with Crippen molar-refractivity contribution in [2.24, 2.45) is 0 Å². The average Bonchev–Trinajstić information content (AvgIpc) is 2.33. The van der Waals surface area contributed by atoms with Crippen LogP contribution in [0.2, 0.25) is 5.15 Å². The summed E-state index contributed by atoms with van der Waals surface area (Å²) in [5.74, 6) is 0. The molecule has 2 aromatic rings. The predicted molar refractivity (Wildman–Crippen MR) is 36.8 cm³/mol. The fourth-order valence-electron chi connectivity index (χ4n) is 0.733. The lowest BCUT2D eigenvalue weighted by molar-refractivity contribution is 0.939. The Morgan fingerprint density at radius 3 is 3.40 bits per heavy atom. The van der Waals surface area contributed by atoms with Crippen molar-refractivity contribution in [3.05, 3.63) is 29.7 Å². The van der Waals surface area contributed by atoms with E-state index in [2.05, 4.69) is 16.1 Å². The normalized spacial score (nSPS) is 10.5. The zero-order valence-electron chi connectivity index (χ0n) is 4.95. The molecule has 0 aromatic carbocycles. The Bertz CT molecular complexity index is 355. The summed E-state index contributed by atoms with van der Waals surface area (Å²) in [6, 6.07) is 4.49. The Labute approximate surface area is 62.3 Å². The van der Waals surface area contributed by atoms with E-state index < -0.39 is 0 Å². The molecular formula is C6H3ClN3. The van der Waals surface area contributed by atoms with Crippen LogP contribution in [-0.4, -0.2) is 14.6 Å². The van der Waals surface area contributed by atoms with E-state index in [1.54, 1.807) is 23.0 Å². The molecule has 0 atom stereocenters. The van der Waals surface area contributed by atoms with Gasteiger partial charge in [0.1, 0.15) is 5.15 Å². The van der Waals surface area contributed by atoms with E-state index in [0.29, 0.717) is 10.8 Å². The van der Waals surface area contributed by atoms with Crippen molar-refractivity contribution in [2.75, 3.05) is 0 Å². The first-order valence-corrected chi connectivity index (χ1v) is 3.11. The van der Waals surface area contributed by atoms with E-state index in [1.165, 1.54) is 0 Å². The van der Waals surface area contributed by atoms with Crippen molar-refractivity contribution < 1.29 is 0 Å². The molecule has 0 saturated heterocycles. The molecule has 10 heavy (non-hydrogen) atoms. The molecule has 0 aliphatic heterocycles. The number of halogens is 1. The van der Waals surface area contributed by atoms with Crippen molar-refractivity contribution in [1.29, 1.82) is 0 Å². The summed E-state index contributed by atoms with van der Waals surface area (Å²) in [6.45, 7) is 0. The van der Waals surface area contributed by atoms with Crippen LogP contribution in [0.3, 0.4) is 0 Å². The van der Waals surface area contributed by atoms with Crippen LogP contribution in [0, 0.1) is 6.07 Å². The maximum Gasteiger partial charge on any atom is 0.164 e. The molecule has 0 N–H and O–H groups in total. The molecule has 0 saturated carbocycles. The van der Waals surface area contributed by atoms with Gasteiger partial charge >= 0.3 is 0 Å². The van der Waals surface area contributed by atoms with Gasteiger partial charge in [-0.25, -0.2) is 9.50 Å². The van der Waals surface area contributed by atoms with Crippen LogP contribution in [-0.2, 0) is 0 Å². The first-order valence-electron chi connectivity index (χ1n) is 2.74. The SMILES string of the molecule is Clc1ccn2nc[c]c2n1. The van der Waals surface area contributed by atoms with Crippen LogP contribution < -0.4 is 0 Å². The maximum absolute atomic E-state index is 5.60. The maximum atomic E-state index is 5.60. The first kappa shape index (κ1) is 5.68. The van der Waals surface area contributed by atoms with E-state index in [9.17, 15) is 0 Å². The van der Waals surface area contributed by atoms with Gasteiger partial charge in [0.25, 0.3) is 0 Å². The average molecular weight is 153 g/mol. The molecule has 0 aliphatic rings. The van der Waals surface area contributed by atoms with Crippen LogP contribution in [0.1, 0.15) is 0 Å². The van der Waals surface area contributed by atoms with Gasteiger partial charge in [-0.15, -0.1) is 0 Å². The van der Waals surface area contributed by atoms with Crippen LogP contribution in [0.15, 0.2) is 18.5 Å². The van der Waals surface area contributed by atoms with Gasteiger partial charge < -0.3 is 0 Å². The molecule has 0 amide bonds. The molecule has 0 unspecified atom stereocenters. The van der Waals surface area contributed by atoms with Gasteiger partial charge in [-0.1, -0.05) is 11.6 Å². The lowest BCUT2D eigenvalue weighted by Gasteiger charge is -1.89. The molecule has 2 rings (SSSR count). The van der Waals surface area contributed by atoms with Crippen molar-refractivity contribution in [2.45, 2.75) is 0 Å². The summed E-state index contributed by atoms with van der Waals surface area (Å²) in [4.78, 5) is 3.95. The number of hydrogen-bond donors (Lipinski definition) is 0. The highest BCUT2D eigenvalue weighted by Gasteiger charge is 1.93. The Balaban J connectivity index is 2.86. The zero-order valence-corrected chi connectivity index (χ0v) is 5.71. The molecule has 0 bridgehead atoms. The van der Waals surface area contributed by atoms with Crippen molar-refractivity contribution in [3.63, 3.8) is 0 Å². The van der Waals surface area contributed by atoms with E-state index in [4.69, 9.17) is 11.6 Å². The molecule has 4 heteroatoms. The second kappa shape index (κ2) is 1.95. The van der Waals surface area contributed by atoms with Crippen molar-refractivity contribution in [3.8, 4) is 0 Å². The molecule has 0 spiro atoms. The minimum Gasteiger partial charge on any atom is -0.222 e. The number of fused-ring (bicyclic) bond motifs is 1. The Hall–Kier alpha value is -1.09. The Morgan fingerprint density at radius 1 is 1.60 bits per heavy atom. The van der Waals surface area contributed by atoms with Crippen LogP contribution in [0.5, 0.6) is 0 Å². The quantitative estimate of drug-likeness (QED) is 0.531. The Kier molecular flexibility index (Phi) is 1.11. The monoisotopic (exact) mass is 152 g/mol. The second-order valence-electron chi connectivity index (χ2n) is 1.81. The van der Waals surface area contributed by atoms with Gasteiger partial charge in [0.05, 0.1) is 12.3 Å². The van der Waals surface area contributed by atoms with Gasteiger partial charge in [0.15, 0.2) is 5.65 Å². The van der Waals surface area contributed by atoms with Crippen LogP contribution in [0.4, 0.5) is 0 Å². The minimum atomic E-state index is 0.462. The second-order valence-corrected chi connectivity index (χ2v) is 2.19. The standard InChI is InChI=1S/C6H3ClN3/c7-5-2-4-10-6(9-5)1-3-8-10/h2-4H. The van der Waals surface area contributed by atoms with E-state index in [-0.39, 0.29) is 0 Å². The van der Waals surface area contributed by atoms with Gasteiger partial charge in [0.2, 0.25) is 0 Å². The lowest BCUT2D eigenvalue weighted by Crippen LogP contribution is -1.87. The van der Waals surface area contributed by atoms with Crippen molar-refractivity contribution >= 4 is 17.2 Å². The highest BCUT2D eigenvalue weighted by Crippen LogP contribution is 2.04. The number of hydrogen-bond acceptors (Lipinski definition) is 2. The topological polar surface area (TPSA) is 30.2 Å². The van der Waals surface area contributed by atoms with Gasteiger partial charge in [0, 0.05) is 6.20 Å². The molecular weight excluding hydrogens is 150 g/mol. The van der Waals surface area contributed by atoms with E-state index in [1.807, 2.05) is 0 Å². The third-order valence-corrected chi connectivity index (χ3v) is 1.37. The summed E-state index contributed by atoms with van der Waals surface area (Å²) in [6.07, 6.45) is 3.29. The highest BCUT2D eigenvalue weighted by atomic mass is 35.5. The predicted octanol–water partition coefficient (Wildman–Crippen LogP) is 1.18. The Morgan fingerprint density at radius 2 is 2.50 bits per heavy atom. The van der Waals surface area contributed by atoms with Crippen LogP contribution >= 0.6 is 11.6 Å². The third-order valence-electron chi connectivity index (χ3n) is 1.16. The fraction of sp³-hybridized carbons (Fsp3) is 0. The molecule has 0 aliphatic carbocycles.